The molecule has 1 saturated carbocycles. The Bertz CT molecular complexity index is 380. The van der Waals surface area contributed by atoms with Gasteiger partial charge >= 0.3 is 5.97 Å². The van der Waals surface area contributed by atoms with Crippen LogP contribution in [0.3, 0.4) is 0 Å². The van der Waals surface area contributed by atoms with Crippen molar-refractivity contribution in [2.75, 3.05) is 0 Å². The summed E-state index contributed by atoms with van der Waals surface area (Å²) in [5.41, 5.74) is 0.932. The van der Waals surface area contributed by atoms with Crippen LogP contribution in [0.2, 0.25) is 0 Å². The number of nitrogens with zero attached hydrogens (tertiary/aromatic N) is 1. The Kier molecular flexibility index (Phi) is 4.30. The third-order valence-electron chi connectivity index (χ3n) is 3.09. The zero-order valence-electron chi connectivity index (χ0n) is 9.84. The minimum absolute atomic E-state index is 0.218. The lowest BCUT2D eigenvalue weighted by Crippen LogP contribution is -2.06. The van der Waals surface area contributed by atoms with Crippen molar-refractivity contribution in [3.63, 3.8) is 0 Å². The molecule has 0 atom stereocenters. The minimum atomic E-state index is -0.218. The number of carbonyl (C=O) groups excluding carboxylic acids is 1. The highest BCUT2D eigenvalue weighted by Crippen LogP contribution is 2.27. The molecule has 1 aliphatic carbocycles. The van der Waals surface area contributed by atoms with E-state index in [1.807, 2.05) is 30.3 Å². The van der Waals surface area contributed by atoms with Gasteiger partial charge in [0, 0.05) is 0 Å². The first-order chi connectivity index (χ1) is 8.34. The molecule has 0 amide bonds. The molecule has 90 valence electrons. The number of rotatable bonds is 4. The zero-order valence-corrected chi connectivity index (χ0v) is 9.84. The third-order valence-corrected chi connectivity index (χ3v) is 3.09. The molecule has 0 bridgehead atoms. The van der Waals surface area contributed by atoms with E-state index in [1.54, 1.807) is 6.21 Å². The summed E-state index contributed by atoms with van der Waals surface area (Å²) in [6, 6.07) is 9.59. The summed E-state index contributed by atoms with van der Waals surface area (Å²) in [7, 11) is 0. The molecule has 0 N–H and O–H groups in total. The second kappa shape index (κ2) is 6.18. The highest BCUT2D eigenvalue weighted by Gasteiger charge is 2.19. The van der Waals surface area contributed by atoms with Crippen molar-refractivity contribution in [3.05, 3.63) is 35.9 Å². The Morgan fingerprint density at radius 1 is 1.29 bits per heavy atom. The smallest absolute Gasteiger partial charge is 0.318 e. The van der Waals surface area contributed by atoms with E-state index in [1.165, 1.54) is 12.8 Å². The van der Waals surface area contributed by atoms with Gasteiger partial charge < -0.3 is 4.84 Å². The van der Waals surface area contributed by atoms with E-state index in [9.17, 15) is 4.79 Å². The molecule has 17 heavy (non-hydrogen) atoms. The second-order valence-corrected chi connectivity index (χ2v) is 4.46. The summed E-state index contributed by atoms with van der Waals surface area (Å²) in [5, 5.41) is 3.71. The topological polar surface area (TPSA) is 38.7 Å². The lowest BCUT2D eigenvalue weighted by atomic mass is 10.1. The van der Waals surface area contributed by atoms with E-state index in [0.29, 0.717) is 12.3 Å². The maximum absolute atomic E-state index is 11.5. The molecule has 3 nitrogen and oxygen atoms in total. The first-order valence-electron chi connectivity index (χ1n) is 6.13. The van der Waals surface area contributed by atoms with Crippen LogP contribution in [0, 0.1) is 5.92 Å². The molecule has 1 aliphatic rings. The van der Waals surface area contributed by atoms with Gasteiger partial charge in [-0.15, -0.1) is 0 Å². The van der Waals surface area contributed by atoms with Crippen LogP contribution in [0.15, 0.2) is 35.5 Å². The second-order valence-electron chi connectivity index (χ2n) is 4.46. The average Bonchev–Trinajstić information content (AvgIpc) is 2.83. The van der Waals surface area contributed by atoms with Gasteiger partial charge in [0.05, 0.1) is 12.6 Å². The molecule has 3 heteroatoms. The molecule has 0 aliphatic heterocycles. The van der Waals surface area contributed by atoms with E-state index < -0.39 is 0 Å². The standard InChI is InChI=1S/C14H17NO2/c16-14(10-12-6-4-5-7-12)17-15-11-13-8-2-1-3-9-13/h1-3,8-9,11-12H,4-7,10H2/b15-11+. The van der Waals surface area contributed by atoms with E-state index >= 15 is 0 Å². The fourth-order valence-electron chi connectivity index (χ4n) is 2.17. The van der Waals surface area contributed by atoms with Gasteiger partial charge in [0.1, 0.15) is 0 Å². The Morgan fingerprint density at radius 3 is 2.71 bits per heavy atom. The van der Waals surface area contributed by atoms with Gasteiger partial charge in [0.25, 0.3) is 0 Å². The predicted octanol–water partition coefficient (Wildman–Crippen LogP) is 3.14. The number of carbonyl (C=O) groups is 1. The van der Waals surface area contributed by atoms with Crippen molar-refractivity contribution in [3.8, 4) is 0 Å². The molecular formula is C14H17NO2. The first-order valence-corrected chi connectivity index (χ1v) is 6.13. The van der Waals surface area contributed by atoms with Gasteiger partial charge in [-0.05, 0) is 24.3 Å². The lowest BCUT2D eigenvalue weighted by molar-refractivity contribution is -0.144. The molecule has 1 fully saturated rings. The number of oxime groups is 1. The van der Waals surface area contributed by atoms with Gasteiger partial charge in [0.15, 0.2) is 0 Å². The van der Waals surface area contributed by atoms with Crippen molar-refractivity contribution >= 4 is 12.2 Å². The van der Waals surface area contributed by atoms with Gasteiger partial charge in [-0.3, -0.25) is 0 Å². The molecule has 0 aromatic heterocycles. The van der Waals surface area contributed by atoms with Gasteiger partial charge in [0.2, 0.25) is 0 Å². The Labute approximate surface area is 101 Å². The van der Waals surface area contributed by atoms with Gasteiger partial charge in [-0.2, -0.15) is 0 Å². The lowest BCUT2D eigenvalue weighted by Gasteiger charge is -2.04. The first kappa shape index (κ1) is 11.8. The van der Waals surface area contributed by atoms with E-state index in [4.69, 9.17) is 4.84 Å². The normalized spacial score (nSPS) is 16.5. The summed E-state index contributed by atoms with van der Waals surface area (Å²) in [6.45, 7) is 0. The maximum atomic E-state index is 11.5. The summed E-state index contributed by atoms with van der Waals surface area (Å²) in [4.78, 5) is 16.3. The molecule has 1 aromatic rings. The van der Waals surface area contributed by atoms with Crippen LogP contribution in [-0.4, -0.2) is 12.2 Å². The summed E-state index contributed by atoms with van der Waals surface area (Å²) < 4.78 is 0. The molecule has 0 heterocycles. The molecule has 0 spiro atoms. The minimum Gasteiger partial charge on any atom is -0.318 e. The van der Waals surface area contributed by atoms with E-state index in [-0.39, 0.29) is 5.97 Å². The Hall–Kier alpha value is -1.64. The van der Waals surface area contributed by atoms with Gasteiger partial charge in [-0.1, -0.05) is 48.3 Å². The largest absolute Gasteiger partial charge is 0.335 e. The van der Waals surface area contributed by atoms with E-state index in [0.717, 1.165) is 18.4 Å². The van der Waals surface area contributed by atoms with Crippen molar-refractivity contribution in [2.24, 2.45) is 11.1 Å². The van der Waals surface area contributed by atoms with Crippen molar-refractivity contribution in [2.45, 2.75) is 32.1 Å². The van der Waals surface area contributed by atoms with Crippen LogP contribution in [-0.2, 0) is 9.63 Å². The molecule has 0 saturated heterocycles. The molecule has 1 aromatic carbocycles. The van der Waals surface area contributed by atoms with Crippen molar-refractivity contribution < 1.29 is 9.63 Å². The third kappa shape index (κ3) is 4.02. The van der Waals surface area contributed by atoms with Crippen molar-refractivity contribution in [1.29, 1.82) is 0 Å². The number of hydrogen-bond acceptors (Lipinski definition) is 3. The van der Waals surface area contributed by atoms with Crippen molar-refractivity contribution in [1.82, 2.24) is 0 Å². The Morgan fingerprint density at radius 2 is 2.00 bits per heavy atom. The molecule has 0 unspecified atom stereocenters. The summed E-state index contributed by atoms with van der Waals surface area (Å²) in [5.74, 6) is 0.290. The highest BCUT2D eigenvalue weighted by molar-refractivity contribution is 5.80. The van der Waals surface area contributed by atoms with Gasteiger partial charge in [-0.25, -0.2) is 4.79 Å². The highest BCUT2D eigenvalue weighted by atomic mass is 16.7. The van der Waals surface area contributed by atoms with Crippen LogP contribution >= 0.6 is 0 Å². The number of hydrogen-bond donors (Lipinski definition) is 0. The SMILES string of the molecule is O=C(CC1CCCC1)O/N=C/c1ccccc1. The molecule has 2 rings (SSSR count). The Balaban J connectivity index is 1.74. The monoisotopic (exact) mass is 231 g/mol. The maximum Gasteiger partial charge on any atom is 0.335 e. The van der Waals surface area contributed by atoms with Crippen LogP contribution < -0.4 is 0 Å². The fraction of sp³-hybridized carbons (Fsp3) is 0.429. The zero-order chi connectivity index (χ0) is 11.9. The summed E-state index contributed by atoms with van der Waals surface area (Å²) in [6.07, 6.45) is 6.85. The molecular weight excluding hydrogens is 214 g/mol. The average molecular weight is 231 g/mol. The van der Waals surface area contributed by atoms with Crippen LogP contribution in [0.4, 0.5) is 0 Å². The predicted molar refractivity (Wildman–Crippen MR) is 66.7 cm³/mol. The van der Waals surface area contributed by atoms with Crippen LogP contribution in [0.25, 0.3) is 0 Å². The van der Waals surface area contributed by atoms with E-state index in [2.05, 4.69) is 5.16 Å². The quantitative estimate of drug-likeness (QED) is 0.453. The van der Waals surface area contributed by atoms with Crippen LogP contribution in [0.5, 0.6) is 0 Å². The number of benzene rings is 1. The summed E-state index contributed by atoms with van der Waals surface area (Å²) >= 11 is 0. The van der Waals surface area contributed by atoms with Crippen LogP contribution in [0.1, 0.15) is 37.7 Å². The fourth-order valence-corrected chi connectivity index (χ4v) is 2.17. The molecule has 0 radical (unpaired) electrons.